The van der Waals surface area contributed by atoms with Crippen molar-refractivity contribution < 1.29 is 18.3 Å². The van der Waals surface area contributed by atoms with Crippen molar-refractivity contribution in [1.82, 2.24) is 9.97 Å². The van der Waals surface area contributed by atoms with Crippen molar-refractivity contribution in [2.45, 2.75) is 6.61 Å². The number of hydrogen-bond donors (Lipinski definition) is 2. The van der Waals surface area contributed by atoms with Crippen molar-refractivity contribution in [1.29, 1.82) is 0 Å². The van der Waals surface area contributed by atoms with Gasteiger partial charge < -0.3 is 15.4 Å². The van der Waals surface area contributed by atoms with Gasteiger partial charge in [-0.25, -0.2) is 4.98 Å². The Morgan fingerprint density at radius 3 is 2.57 bits per heavy atom. The molecule has 2 aromatic rings. The molecule has 1 heterocycles. The van der Waals surface area contributed by atoms with Crippen LogP contribution >= 0.6 is 0 Å². The maximum Gasteiger partial charge on any atom is 0.387 e. The molecule has 0 radical (unpaired) electrons. The van der Waals surface area contributed by atoms with Gasteiger partial charge >= 0.3 is 6.61 Å². The lowest BCUT2D eigenvalue weighted by molar-refractivity contribution is -0.0498. The minimum Gasteiger partial charge on any atom is -0.435 e. The largest absolute Gasteiger partial charge is 0.435 e. The van der Waals surface area contributed by atoms with Crippen LogP contribution in [0.3, 0.4) is 0 Å². The van der Waals surface area contributed by atoms with Gasteiger partial charge in [0.1, 0.15) is 17.3 Å². The van der Waals surface area contributed by atoms with Crippen LogP contribution in [-0.4, -0.2) is 29.5 Å². The summed E-state index contributed by atoms with van der Waals surface area (Å²) in [4.78, 5) is 19.9. The molecule has 0 saturated heterocycles. The summed E-state index contributed by atoms with van der Waals surface area (Å²) in [6.45, 7) is -2.88. The number of carbonyl (C=O) groups is 1. The number of amides is 1. The number of rotatable bonds is 5. The van der Waals surface area contributed by atoms with Gasteiger partial charge in [0.2, 0.25) is 0 Å². The number of carbonyl (C=O) groups excluding carboxylic acids is 1. The van der Waals surface area contributed by atoms with Crippen LogP contribution < -0.4 is 15.4 Å². The fraction of sp³-hybridized carbons (Fsp3) is 0.154. The maximum atomic E-state index is 12.0. The summed E-state index contributed by atoms with van der Waals surface area (Å²) < 4.78 is 28.2. The van der Waals surface area contributed by atoms with Crippen LogP contribution in [0, 0.1) is 0 Å². The normalized spacial score (nSPS) is 10.3. The number of nitrogens with zero attached hydrogens (tertiary/aromatic N) is 2. The van der Waals surface area contributed by atoms with Crippen molar-refractivity contribution in [2.75, 3.05) is 17.7 Å². The average Bonchev–Trinajstić information content (AvgIpc) is 2.49. The van der Waals surface area contributed by atoms with E-state index in [4.69, 9.17) is 0 Å². The molecular weight excluding hydrogens is 282 g/mol. The first-order valence-corrected chi connectivity index (χ1v) is 5.94. The Morgan fingerprint density at radius 2 is 1.95 bits per heavy atom. The summed E-state index contributed by atoms with van der Waals surface area (Å²) in [5.74, 6) is 0.0189. The predicted octanol–water partition coefficient (Wildman–Crippen LogP) is 2.37. The topological polar surface area (TPSA) is 76.1 Å². The molecule has 0 aliphatic rings. The Morgan fingerprint density at radius 1 is 1.24 bits per heavy atom. The Labute approximate surface area is 119 Å². The number of ether oxygens (including phenoxy) is 1. The van der Waals surface area contributed by atoms with Crippen molar-refractivity contribution in [3.05, 3.63) is 42.4 Å². The first-order chi connectivity index (χ1) is 10.1. The van der Waals surface area contributed by atoms with E-state index in [9.17, 15) is 13.6 Å². The second-order valence-electron chi connectivity index (χ2n) is 3.90. The van der Waals surface area contributed by atoms with E-state index in [1.54, 1.807) is 7.05 Å². The van der Waals surface area contributed by atoms with Crippen LogP contribution in [0.5, 0.6) is 5.75 Å². The third-order valence-electron chi connectivity index (χ3n) is 2.46. The van der Waals surface area contributed by atoms with Gasteiger partial charge in [-0.05, 0) is 24.3 Å². The highest BCUT2D eigenvalue weighted by Gasteiger charge is 2.09. The predicted molar refractivity (Wildman–Crippen MR) is 72.6 cm³/mol. The molecule has 21 heavy (non-hydrogen) atoms. The Balaban J connectivity index is 2.05. The molecule has 1 aromatic carbocycles. The molecule has 0 bridgehead atoms. The lowest BCUT2D eigenvalue weighted by Crippen LogP contribution is -2.14. The molecule has 0 aliphatic carbocycles. The highest BCUT2D eigenvalue weighted by Crippen LogP contribution is 2.18. The van der Waals surface area contributed by atoms with E-state index in [0.29, 0.717) is 11.5 Å². The van der Waals surface area contributed by atoms with Crippen LogP contribution in [0.2, 0.25) is 0 Å². The molecular formula is C13H12F2N4O2. The molecule has 0 unspecified atom stereocenters. The van der Waals surface area contributed by atoms with E-state index in [1.165, 1.54) is 36.7 Å². The Hall–Kier alpha value is -2.77. The third-order valence-corrected chi connectivity index (χ3v) is 2.46. The number of alkyl halides is 2. The average molecular weight is 294 g/mol. The highest BCUT2D eigenvalue weighted by atomic mass is 19.3. The monoisotopic (exact) mass is 294 g/mol. The van der Waals surface area contributed by atoms with Crippen molar-refractivity contribution in [2.24, 2.45) is 0 Å². The van der Waals surface area contributed by atoms with E-state index < -0.39 is 12.5 Å². The van der Waals surface area contributed by atoms with Gasteiger partial charge in [-0.2, -0.15) is 8.78 Å². The number of halogens is 2. The fourth-order valence-electron chi connectivity index (χ4n) is 1.51. The molecule has 0 saturated carbocycles. The molecule has 6 nitrogen and oxygen atoms in total. The van der Waals surface area contributed by atoms with E-state index >= 15 is 0 Å². The summed E-state index contributed by atoms with van der Waals surface area (Å²) >= 11 is 0. The minimum atomic E-state index is -2.88. The SMILES string of the molecule is CNc1cncc(C(=O)Nc2ccc(OC(F)F)cc2)n1. The number of aromatic nitrogens is 2. The molecule has 0 fully saturated rings. The van der Waals surface area contributed by atoms with E-state index in [2.05, 4.69) is 25.3 Å². The molecule has 1 aromatic heterocycles. The summed E-state index contributed by atoms with van der Waals surface area (Å²) in [5.41, 5.74) is 0.563. The smallest absolute Gasteiger partial charge is 0.387 e. The zero-order chi connectivity index (χ0) is 15.2. The fourth-order valence-corrected chi connectivity index (χ4v) is 1.51. The Kier molecular flexibility index (Phi) is 4.60. The van der Waals surface area contributed by atoms with Crippen LogP contribution in [0.4, 0.5) is 20.3 Å². The Bertz CT molecular complexity index is 620. The van der Waals surface area contributed by atoms with Gasteiger partial charge in [0.25, 0.3) is 5.91 Å². The molecule has 0 aliphatic heterocycles. The molecule has 110 valence electrons. The van der Waals surface area contributed by atoms with E-state index in [1.807, 2.05) is 0 Å². The third kappa shape index (κ3) is 4.10. The van der Waals surface area contributed by atoms with E-state index in [-0.39, 0.29) is 11.4 Å². The first kappa shape index (κ1) is 14.6. The molecule has 1 amide bonds. The van der Waals surface area contributed by atoms with Crippen LogP contribution in [-0.2, 0) is 0 Å². The summed E-state index contributed by atoms with van der Waals surface area (Å²) in [7, 11) is 1.66. The van der Waals surface area contributed by atoms with Gasteiger partial charge in [-0.1, -0.05) is 0 Å². The lowest BCUT2D eigenvalue weighted by atomic mass is 10.3. The van der Waals surface area contributed by atoms with Crippen molar-refractivity contribution in [3.63, 3.8) is 0 Å². The minimum absolute atomic E-state index is 0.0139. The van der Waals surface area contributed by atoms with Crippen LogP contribution in [0.1, 0.15) is 10.5 Å². The first-order valence-electron chi connectivity index (χ1n) is 5.94. The lowest BCUT2D eigenvalue weighted by Gasteiger charge is -2.07. The standard InChI is InChI=1S/C13H12F2N4O2/c1-16-11-7-17-6-10(19-11)12(20)18-8-2-4-9(5-3-8)21-13(14)15/h2-7,13H,1H3,(H,16,19)(H,18,20). The number of hydrogen-bond acceptors (Lipinski definition) is 5. The van der Waals surface area contributed by atoms with Gasteiger partial charge in [-0.3, -0.25) is 9.78 Å². The van der Waals surface area contributed by atoms with Crippen LogP contribution in [0.15, 0.2) is 36.7 Å². The van der Waals surface area contributed by atoms with E-state index in [0.717, 1.165) is 0 Å². The summed E-state index contributed by atoms with van der Waals surface area (Å²) in [5, 5.41) is 5.35. The molecule has 2 N–H and O–H groups in total. The summed E-state index contributed by atoms with van der Waals surface area (Å²) in [6.07, 6.45) is 2.80. The quantitative estimate of drug-likeness (QED) is 0.885. The van der Waals surface area contributed by atoms with Crippen LogP contribution in [0.25, 0.3) is 0 Å². The second kappa shape index (κ2) is 6.60. The maximum absolute atomic E-state index is 12.0. The van der Waals surface area contributed by atoms with Crippen molar-refractivity contribution in [3.8, 4) is 5.75 Å². The van der Waals surface area contributed by atoms with Gasteiger partial charge in [0.05, 0.1) is 12.4 Å². The van der Waals surface area contributed by atoms with Gasteiger partial charge in [-0.15, -0.1) is 0 Å². The zero-order valence-corrected chi connectivity index (χ0v) is 11.0. The number of nitrogens with one attached hydrogen (secondary N) is 2. The molecule has 8 heteroatoms. The molecule has 0 atom stereocenters. The molecule has 0 spiro atoms. The molecule has 2 rings (SSSR count). The number of anilines is 2. The van der Waals surface area contributed by atoms with Gasteiger partial charge in [0.15, 0.2) is 0 Å². The van der Waals surface area contributed by atoms with Crippen molar-refractivity contribution >= 4 is 17.4 Å². The number of benzene rings is 1. The highest BCUT2D eigenvalue weighted by molar-refractivity contribution is 6.02. The second-order valence-corrected chi connectivity index (χ2v) is 3.90. The zero-order valence-electron chi connectivity index (χ0n) is 11.0. The van der Waals surface area contributed by atoms with Gasteiger partial charge in [0, 0.05) is 12.7 Å². The summed E-state index contributed by atoms with van der Waals surface area (Å²) in [6, 6.07) is 5.56.